The van der Waals surface area contributed by atoms with E-state index in [1.807, 2.05) is 18.2 Å². The molecule has 0 aromatic heterocycles. The van der Waals surface area contributed by atoms with Crippen molar-refractivity contribution in [1.29, 1.82) is 0 Å². The minimum atomic E-state index is -0.690. The normalized spacial score (nSPS) is 16.9. The second kappa shape index (κ2) is 7.66. The molecule has 0 aliphatic carbocycles. The van der Waals surface area contributed by atoms with Gasteiger partial charge in [-0.2, -0.15) is 0 Å². The van der Waals surface area contributed by atoms with Crippen LogP contribution in [0.1, 0.15) is 31.2 Å². The van der Waals surface area contributed by atoms with Crippen molar-refractivity contribution < 1.29 is 14.6 Å². The van der Waals surface area contributed by atoms with Gasteiger partial charge in [0.1, 0.15) is 5.75 Å². The zero-order valence-electron chi connectivity index (χ0n) is 12.3. The minimum Gasteiger partial charge on any atom is -0.495 e. The van der Waals surface area contributed by atoms with E-state index in [2.05, 4.69) is 4.90 Å². The van der Waals surface area contributed by atoms with E-state index in [9.17, 15) is 4.79 Å². The van der Waals surface area contributed by atoms with E-state index in [1.165, 1.54) is 5.56 Å². The second-order valence-corrected chi connectivity index (χ2v) is 6.03. The van der Waals surface area contributed by atoms with Gasteiger partial charge in [0.05, 0.1) is 12.1 Å². The van der Waals surface area contributed by atoms with Crippen molar-refractivity contribution in [1.82, 2.24) is 4.90 Å². The summed E-state index contributed by atoms with van der Waals surface area (Å²) in [5.74, 6) is 0.565. The molecule has 1 N–H and O–H groups in total. The van der Waals surface area contributed by atoms with Crippen LogP contribution in [0.15, 0.2) is 18.2 Å². The fourth-order valence-corrected chi connectivity index (χ4v) is 3.11. The molecule has 1 saturated heterocycles. The third-order valence-corrected chi connectivity index (χ3v) is 4.39. The van der Waals surface area contributed by atoms with Crippen LogP contribution in [0.5, 0.6) is 5.75 Å². The van der Waals surface area contributed by atoms with Gasteiger partial charge in [-0.15, -0.1) is 0 Å². The van der Waals surface area contributed by atoms with Gasteiger partial charge in [-0.05, 0) is 56.0 Å². The van der Waals surface area contributed by atoms with Crippen molar-refractivity contribution in [3.8, 4) is 5.75 Å². The van der Waals surface area contributed by atoms with Crippen molar-refractivity contribution in [3.63, 3.8) is 0 Å². The van der Waals surface area contributed by atoms with Gasteiger partial charge in [-0.1, -0.05) is 17.7 Å². The lowest BCUT2D eigenvalue weighted by Crippen LogP contribution is -2.33. The monoisotopic (exact) mass is 311 g/mol. The Balaban J connectivity index is 1.80. The zero-order chi connectivity index (χ0) is 15.2. The summed E-state index contributed by atoms with van der Waals surface area (Å²) in [4.78, 5) is 13.0. The average molecular weight is 312 g/mol. The van der Waals surface area contributed by atoms with Crippen molar-refractivity contribution in [2.75, 3.05) is 20.2 Å². The van der Waals surface area contributed by atoms with Gasteiger partial charge in [-0.25, -0.2) is 0 Å². The molecule has 1 fully saturated rings. The molecule has 0 bridgehead atoms. The summed E-state index contributed by atoms with van der Waals surface area (Å²) >= 11 is 6.14. The Bertz CT molecular complexity index is 484. The first-order chi connectivity index (χ1) is 10.1. The molecule has 4 nitrogen and oxygen atoms in total. The number of likely N-dealkylation sites (tertiary alicyclic amines) is 1. The maximum Gasteiger partial charge on any atom is 0.303 e. The summed E-state index contributed by atoms with van der Waals surface area (Å²) in [5.41, 5.74) is 1.18. The number of ether oxygens (including phenoxy) is 1. The lowest BCUT2D eigenvalue weighted by molar-refractivity contribution is -0.137. The van der Waals surface area contributed by atoms with Crippen LogP contribution < -0.4 is 4.74 Å². The Morgan fingerprint density at radius 3 is 2.71 bits per heavy atom. The molecule has 1 aromatic carbocycles. The molecule has 5 heteroatoms. The van der Waals surface area contributed by atoms with Gasteiger partial charge in [0.15, 0.2) is 0 Å². The fraction of sp³-hybridized carbons (Fsp3) is 0.562. The molecule has 0 saturated carbocycles. The van der Waals surface area contributed by atoms with Gasteiger partial charge in [0.25, 0.3) is 0 Å². The largest absolute Gasteiger partial charge is 0.495 e. The average Bonchev–Trinajstić information content (AvgIpc) is 2.47. The van der Waals surface area contributed by atoms with Gasteiger partial charge < -0.3 is 9.84 Å². The quantitative estimate of drug-likeness (QED) is 0.874. The van der Waals surface area contributed by atoms with E-state index in [0.29, 0.717) is 23.1 Å². The van der Waals surface area contributed by atoms with Gasteiger partial charge >= 0.3 is 5.97 Å². The number of aliphatic carboxylic acids is 1. The third-order valence-electron chi connectivity index (χ3n) is 4.10. The van der Waals surface area contributed by atoms with Crippen LogP contribution in [0.25, 0.3) is 0 Å². The van der Waals surface area contributed by atoms with Crippen LogP contribution in [-0.2, 0) is 11.3 Å². The summed E-state index contributed by atoms with van der Waals surface area (Å²) in [6, 6.07) is 5.90. The van der Waals surface area contributed by atoms with Crippen LogP contribution in [0, 0.1) is 5.92 Å². The summed E-state index contributed by atoms with van der Waals surface area (Å²) in [7, 11) is 1.61. The van der Waals surface area contributed by atoms with Crippen LogP contribution >= 0.6 is 11.6 Å². The van der Waals surface area contributed by atoms with Gasteiger partial charge in [0, 0.05) is 13.0 Å². The first kappa shape index (κ1) is 16.1. The highest BCUT2D eigenvalue weighted by Crippen LogP contribution is 2.27. The molecule has 0 amide bonds. The standard InChI is InChI=1S/C16H22ClNO3/c1-21-15-4-2-13(10-14(15)17)11-18-8-6-12(7-9-18)3-5-16(19)20/h2,4,10,12H,3,5-9,11H2,1H3,(H,19,20). The van der Waals surface area contributed by atoms with E-state index in [1.54, 1.807) is 7.11 Å². The number of rotatable bonds is 6. The molecule has 2 rings (SSSR count). The Hall–Kier alpha value is -1.26. The summed E-state index contributed by atoms with van der Waals surface area (Å²) in [6.07, 6.45) is 3.25. The number of hydrogen-bond donors (Lipinski definition) is 1. The summed E-state index contributed by atoms with van der Waals surface area (Å²) in [5, 5.41) is 9.37. The zero-order valence-corrected chi connectivity index (χ0v) is 13.1. The first-order valence-electron chi connectivity index (χ1n) is 7.35. The number of nitrogens with zero attached hydrogens (tertiary/aromatic N) is 1. The lowest BCUT2D eigenvalue weighted by Gasteiger charge is -2.31. The lowest BCUT2D eigenvalue weighted by atomic mass is 9.92. The van der Waals surface area contributed by atoms with Crippen LogP contribution in [0.3, 0.4) is 0 Å². The number of carboxylic acids is 1. The molecular formula is C16H22ClNO3. The summed E-state index contributed by atoms with van der Waals surface area (Å²) in [6.45, 7) is 2.93. The fourth-order valence-electron chi connectivity index (χ4n) is 2.83. The highest BCUT2D eigenvalue weighted by molar-refractivity contribution is 6.32. The molecule has 116 valence electrons. The van der Waals surface area contributed by atoms with Gasteiger partial charge in [0.2, 0.25) is 0 Å². The highest BCUT2D eigenvalue weighted by Gasteiger charge is 2.20. The molecule has 0 unspecified atom stereocenters. The molecular weight excluding hydrogens is 290 g/mol. The number of carboxylic acid groups (broad SMARTS) is 1. The molecule has 0 radical (unpaired) electrons. The molecule has 1 heterocycles. The molecule has 1 aliphatic heterocycles. The van der Waals surface area contributed by atoms with Gasteiger partial charge in [-0.3, -0.25) is 9.69 Å². The van der Waals surface area contributed by atoms with E-state index < -0.39 is 5.97 Å². The van der Waals surface area contributed by atoms with E-state index in [0.717, 1.165) is 38.9 Å². The third kappa shape index (κ3) is 4.90. The molecule has 21 heavy (non-hydrogen) atoms. The minimum absolute atomic E-state index is 0.290. The Labute approximate surface area is 130 Å². The Kier molecular flexibility index (Phi) is 5.88. The number of benzene rings is 1. The van der Waals surface area contributed by atoms with E-state index >= 15 is 0 Å². The highest BCUT2D eigenvalue weighted by atomic mass is 35.5. The Morgan fingerprint density at radius 1 is 1.43 bits per heavy atom. The van der Waals surface area contributed by atoms with Crippen molar-refractivity contribution in [2.24, 2.45) is 5.92 Å². The van der Waals surface area contributed by atoms with E-state index in [4.69, 9.17) is 21.4 Å². The predicted molar refractivity (Wildman–Crippen MR) is 82.9 cm³/mol. The number of carbonyl (C=O) groups is 1. The van der Waals surface area contributed by atoms with E-state index in [-0.39, 0.29) is 0 Å². The number of methoxy groups -OCH3 is 1. The van der Waals surface area contributed by atoms with Crippen LogP contribution in [0.2, 0.25) is 5.02 Å². The topological polar surface area (TPSA) is 49.8 Å². The smallest absolute Gasteiger partial charge is 0.303 e. The number of halogens is 1. The first-order valence-corrected chi connectivity index (χ1v) is 7.73. The number of piperidine rings is 1. The Morgan fingerprint density at radius 2 is 2.14 bits per heavy atom. The second-order valence-electron chi connectivity index (χ2n) is 5.62. The maximum atomic E-state index is 10.6. The molecule has 1 aliphatic rings. The molecule has 0 spiro atoms. The number of hydrogen-bond acceptors (Lipinski definition) is 3. The van der Waals surface area contributed by atoms with Crippen LogP contribution in [-0.4, -0.2) is 36.2 Å². The molecule has 1 aromatic rings. The SMILES string of the molecule is COc1ccc(CN2CCC(CCC(=O)O)CC2)cc1Cl. The van der Waals surface area contributed by atoms with Crippen molar-refractivity contribution in [2.45, 2.75) is 32.2 Å². The maximum absolute atomic E-state index is 10.6. The van der Waals surface area contributed by atoms with Crippen molar-refractivity contribution in [3.05, 3.63) is 28.8 Å². The summed E-state index contributed by atoms with van der Waals surface area (Å²) < 4.78 is 5.16. The van der Waals surface area contributed by atoms with Crippen molar-refractivity contribution >= 4 is 17.6 Å². The molecule has 0 atom stereocenters. The van der Waals surface area contributed by atoms with Crippen LogP contribution in [0.4, 0.5) is 0 Å². The predicted octanol–water partition coefficient (Wildman–Crippen LogP) is 3.43.